The van der Waals surface area contributed by atoms with E-state index in [4.69, 9.17) is 28.2 Å². The number of aliphatic imine (C=N–C) groups is 1. The maximum absolute atomic E-state index is 6.35. The van der Waals surface area contributed by atoms with Gasteiger partial charge in [0.25, 0.3) is 0 Å². The van der Waals surface area contributed by atoms with Crippen LogP contribution in [0.1, 0.15) is 35.1 Å². The molecule has 2 heterocycles. The van der Waals surface area contributed by atoms with Gasteiger partial charge in [-0.25, -0.2) is 0 Å². The van der Waals surface area contributed by atoms with Crippen LogP contribution in [0.15, 0.2) is 77.8 Å². The van der Waals surface area contributed by atoms with Crippen molar-refractivity contribution < 1.29 is 0 Å². The van der Waals surface area contributed by atoms with Gasteiger partial charge in [0.05, 0.1) is 11.1 Å². The lowest BCUT2D eigenvalue weighted by Crippen LogP contribution is -2.51. The van der Waals surface area contributed by atoms with Gasteiger partial charge in [0.2, 0.25) is 0 Å². The molecule has 140 valence electrons. The van der Waals surface area contributed by atoms with Crippen LogP contribution in [0.5, 0.6) is 0 Å². The molecule has 1 fully saturated rings. The maximum atomic E-state index is 6.35. The molecule has 1 spiro atoms. The third-order valence-corrected chi connectivity index (χ3v) is 6.53. The van der Waals surface area contributed by atoms with E-state index in [0.29, 0.717) is 10.9 Å². The second-order valence-corrected chi connectivity index (χ2v) is 8.42. The van der Waals surface area contributed by atoms with Gasteiger partial charge in [0.1, 0.15) is 0 Å². The topological polar surface area (TPSA) is 24.4 Å². The van der Waals surface area contributed by atoms with Crippen molar-refractivity contribution in [3.05, 3.63) is 99.5 Å². The van der Waals surface area contributed by atoms with Gasteiger partial charge < -0.3 is 5.32 Å². The minimum atomic E-state index is -0.287. The number of hydrogen-bond donors (Lipinski definition) is 1. The molecular formula is C24H20Cl2N2. The molecule has 0 aromatic heterocycles. The normalized spacial score (nSPS) is 25.8. The van der Waals surface area contributed by atoms with Crippen LogP contribution in [-0.2, 0) is 5.41 Å². The summed E-state index contributed by atoms with van der Waals surface area (Å²) in [5, 5.41) is 5.24. The van der Waals surface area contributed by atoms with Crippen molar-refractivity contribution in [3.8, 4) is 0 Å². The predicted octanol–water partition coefficient (Wildman–Crippen LogP) is 6.47. The van der Waals surface area contributed by atoms with Gasteiger partial charge in [-0.1, -0.05) is 71.7 Å². The Morgan fingerprint density at radius 1 is 0.857 bits per heavy atom. The van der Waals surface area contributed by atoms with Crippen molar-refractivity contribution in [1.82, 2.24) is 5.32 Å². The lowest BCUT2D eigenvalue weighted by Gasteiger charge is -2.47. The quantitative estimate of drug-likeness (QED) is 0.518. The number of hydrogen-bond acceptors (Lipinski definition) is 2. The summed E-state index contributed by atoms with van der Waals surface area (Å²) < 4.78 is 0. The van der Waals surface area contributed by atoms with Crippen molar-refractivity contribution in [1.29, 1.82) is 0 Å². The Hall–Kier alpha value is -2.13. The van der Waals surface area contributed by atoms with Crippen molar-refractivity contribution >= 4 is 35.1 Å². The molecule has 2 aliphatic rings. The molecule has 0 bridgehead atoms. The van der Waals surface area contributed by atoms with Gasteiger partial charge in [-0.05, 0) is 53.9 Å². The molecule has 1 saturated heterocycles. The Kier molecular flexibility index (Phi) is 4.51. The number of nitrogens with zero attached hydrogens (tertiary/aromatic N) is 1. The molecule has 0 saturated carbocycles. The molecule has 3 atom stereocenters. The van der Waals surface area contributed by atoms with E-state index < -0.39 is 0 Å². The summed E-state index contributed by atoms with van der Waals surface area (Å²) in [6, 6.07) is 25.1. The average molecular weight is 407 g/mol. The summed E-state index contributed by atoms with van der Waals surface area (Å²) in [5.74, 6) is 0.310. The molecule has 2 nitrogen and oxygen atoms in total. The van der Waals surface area contributed by atoms with Crippen LogP contribution in [0, 0.1) is 0 Å². The zero-order valence-corrected chi connectivity index (χ0v) is 16.8. The van der Waals surface area contributed by atoms with E-state index >= 15 is 0 Å². The highest BCUT2D eigenvalue weighted by Gasteiger charge is 2.52. The first-order valence-corrected chi connectivity index (χ1v) is 10.3. The monoisotopic (exact) mass is 406 g/mol. The summed E-state index contributed by atoms with van der Waals surface area (Å²) in [4.78, 5) is 4.83. The SMILES string of the molecule is Clc1cccc([C@@H]2NCC[C@H](c3ccccc3)[C@@]23C=Nc2cc(Cl)ccc23)c1. The first-order chi connectivity index (χ1) is 13.7. The minimum absolute atomic E-state index is 0.0799. The van der Waals surface area contributed by atoms with Crippen molar-refractivity contribution in [2.45, 2.75) is 23.8 Å². The number of halogens is 2. The molecule has 0 amide bonds. The van der Waals surface area contributed by atoms with E-state index in [1.54, 1.807) is 0 Å². The molecule has 0 radical (unpaired) electrons. The van der Waals surface area contributed by atoms with Gasteiger partial charge >= 0.3 is 0 Å². The maximum Gasteiger partial charge on any atom is 0.0683 e. The van der Waals surface area contributed by atoms with Gasteiger partial charge in [-0.2, -0.15) is 0 Å². The summed E-state index contributed by atoms with van der Waals surface area (Å²) in [6.07, 6.45) is 3.18. The van der Waals surface area contributed by atoms with Crippen molar-refractivity contribution in [2.75, 3.05) is 6.54 Å². The van der Waals surface area contributed by atoms with Gasteiger partial charge in [-0.15, -0.1) is 0 Å². The van der Waals surface area contributed by atoms with Crippen molar-refractivity contribution in [2.24, 2.45) is 4.99 Å². The highest BCUT2D eigenvalue weighted by atomic mass is 35.5. The number of fused-ring (bicyclic) bond motifs is 2. The number of rotatable bonds is 2. The Labute approximate surface area is 175 Å². The summed E-state index contributed by atoms with van der Waals surface area (Å²) in [5.41, 5.74) is 4.42. The van der Waals surface area contributed by atoms with Gasteiger partial charge in [0.15, 0.2) is 0 Å². The number of piperidine rings is 1. The van der Waals surface area contributed by atoms with Crippen LogP contribution in [0.4, 0.5) is 5.69 Å². The summed E-state index contributed by atoms with van der Waals surface area (Å²) in [7, 11) is 0. The van der Waals surface area contributed by atoms with Crippen LogP contribution in [0.2, 0.25) is 10.0 Å². The van der Waals surface area contributed by atoms with Crippen molar-refractivity contribution in [3.63, 3.8) is 0 Å². The predicted molar refractivity (Wildman–Crippen MR) is 117 cm³/mol. The van der Waals surface area contributed by atoms with Crippen LogP contribution >= 0.6 is 23.2 Å². The number of nitrogens with one attached hydrogen (secondary N) is 1. The molecule has 1 N–H and O–H groups in total. The lowest BCUT2D eigenvalue weighted by molar-refractivity contribution is 0.270. The van der Waals surface area contributed by atoms with Crippen LogP contribution in [-0.4, -0.2) is 12.8 Å². The fraction of sp³-hybridized carbons (Fsp3) is 0.208. The second-order valence-electron chi connectivity index (χ2n) is 7.55. The largest absolute Gasteiger partial charge is 0.309 e. The van der Waals surface area contributed by atoms with E-state index in [1.807, 2.05) is 24.3 Å². The third-order valence-electron chi connectivity index (χ3n) is 6.06. The summed E-state index contributed by atoms with van der Waals surface area (Å²) in [6.45, 7) is 0.940. The molecule has 4 heteroatoms. The molecule has 2 aliphatic heterocycles. The van der Waals surface area contributed by atoms with E-state index in [0.717, 1.165) is 23.7 Å². The van der Waals surface area contributed by atoms with Gasteiger partial charge in [0, 0.05) is 28.2 Å². The Balaban J connectivity index is 1.74. The zero-order valence-electron chi connectivity index (χ0n) is 15.3. The fourth-order valence-corrected chi connectivity index (χ4v) is 5.28. The highest BCUT2D eigenvalue weighted by Crippen LogP contribution is 2.56. The van der Waals surface area contributed by atoms with Crippen LogP contribution < -0.4 is 5.32 Å². The Morgan fingerprint density at radius 3 is 2.46 bits per heavy atom. The Morgan fingerprint density at radius 2 is 1.64 bits per heavy atom. The van der Waals surface area contributed by atoms with E-state index in [-0.39, 0.29) is 11.5 Å². The van der Waals surface area contributed by atoms with Gasteiger partial charge in [-0.3, -0.25) is 4.99 Å². The molecule has 0 unspecified atom stereocenters. The minimum Gasteiger partial charge on any atom is -0.309 e. The Bertz CT molecular complexity index is 1050. The molecule has 3 aromatic carbocycles. The molecule has 3 aromatic rings. The van der Waals surface area contributed by atoms with E-state index in [9.17, 15) is 0 Å². The first kappa shape index (κ1) is 17.9. The van der Waals surface area contributed by atoms with Crippen LogP contribution in [0.3, 0.4) is 0 Å². The smallest absolute Gasteiger partial charge is 0.0683 e. The first-order valence-electron chi connectivity index (χ1n) is 9.57. The molecule has 0 aliphatic carbocycles. The van der Waals surface area contributed by atoms with E-state index in [2.05, 4.69) is 60.1 Å². The van der Waals surface area contributed by atoms with E-state index in [1.165, 1.54) is 16.7 Å². The molecule has 5 rings (SSSR count). The number of benzene rings is 3. The highest BCUT2D eigenvalue weighted by molar-refractivity contribution is 6.31. The second kappa shape index (κ2) is 7.04. The zero-order chi connectivity index (χ0) is 19.1. The third kappa shape index (κ3) is 2.79. The fourth-order valence-electron chi connectivity index (χ4n) is 4.92. The molecular weight excluding hydrogens is 387 g/mol. The standard InChI is InChI=1S/C24H20Cl2N2/c25-18-8-4-7-17(13-18)23-24(15-28-22-14-19(26)9-10-21(22)24)20(11-12-27-23)16-5-2-1-3-6-16/h1-10,13-15,20,23,27H,11-12H2/t20-,23+,24-/m1/s1. The molecule has 28 heavy (non-hydrogen) atoms. The average Bonchev–Trinajstić information content (AvgIpc) is 3.07. The lowest BCUT2D eigenvalue weighted by atomic mass is 9.60. The van der Waals surface area contributed by atoms with Crippen LogP contribution in [0.25, 0.3) is 0 Å². The summed E-state index contributed by atoms with van der Waals surface area (Å²) >= 11 is 12.6.